The van der Waals surface area contributed by atoms with Crippen LogP contribution in [0.15, 0.2) is 182 Å². The normalized spacial score (nSPS) is 13.4. The zero-order chi connectivity index (χ0) is 55.7. The number of rotatable bonds is 52. The molecular weight excluding hydrogens is 949 g/mol. The summed E-state index contributed by atoms with van der Waals surface area (Å²) in [6.07, 6.45) is 94.6. The van der Waals surface area contributed by atoms with Gasteiger partial charge in [0.15, 0.2) is 6.10 Å². The van der Waals surface area contributed by atoms with E-state index in [-0.39, 0.29) is 44.0 Å². The van der Waals surface area contributed by atoms with Gasteiger partial charge in [0.2, 0.25) is 0 Å². The molecule has 0 aromatic carbocycles. The fourth-order valence-corrected chi connectivity index (χ4v) is 7.46. The zero-order valence-corrected chi connectivity index (χ0v) is 48.9. The molecule has 0 aliphatic carbocycles. The lowest BCUT2D eigenvalue weighted by molar-refractivity contribution is -0.167. The lowest BCUT2D eigenvalue weighted by atomic mass is 10.1. The summed E-state index contributed by atoms with van der Waals surface area (Å²) >= 11 is 0. The zero-order valence-electron chi connectivity index (χ0n) is 48.9. The molecule has 0 saturated heterocycles. The van der Waals surface area contributed by atoms with Gasteiger partial charge in [0.1, 0.15) is 13.2 Å². The van der Waals surface area contributed by atoms with Crippen LogP contribution in [0.1, 0.15) is 226 Å². The van der Waals surface area contributed by atoms with Crippen LogP contribution in [-0.4, -0.2) is 37.2 Å². The minimum Gasteiger partial charge on any atom is -0.462 e. The molecule has 6 heteroatoms. The quantitative estimate of drug-likeness (QED) is 0.0261. The Kier molecular flexibility index (Phi) is 58.6. The molecule has 0 amide bonds. The highest BCUT2D eigenvalue weighted by Gasteiger charge is 2.19. The summed E-state index contributed by atoms with van der Waals surface area (Å²) in [6.45, 7) is 6.20. The Bertz CT molecular complexity index is 1840. The molecule has 0 spiro atoms. The second-order valence-corrected chi connectivity index (χ2v) is 19.1. The Balaban J connectivity index is 4.61. The lowest BCUT2D eigenvalue weighted by Crippen LogP contribution is -2.30. The Labute approximate surface area is 472 Å². The highest BCUT2D eigenvalue weighted by molar-refractivity contribution is 5.71. The Hall–Kier alpha value is -5.49. The third-order valence-electron chi connectivity index (χ3n) is 11.9. The van der Waals surface area contributed by atoms with Crippen molar-refractivity contribution in [1.82, 2.24) is 0 Å². The van der Waals surface area contributed by atoms with E-state index in [0.29, 0.717) is 19.3 Å². The van der Waals surface area contributed by atoms with Gasteiger partial charge < -0.3 is 14.2 Å². The van der Waals surface area contributed by atoms with E-state index in [0.717, 1.165) is 148 Å². The molecule has 0 radical (unpaired) electrons. The summed E-state index contributed by atoms with van der Waals surface area (Å²) in [7, 11) is 0. The maximum Gasteiger partial charge on any atom is 0.306 e. The van der Waals surface area contributed by atoms with Crippen molar-refractivity contribution in [2.75, 3.05) is 13.2 Å². The topological polar surface area (TPSA) is 78.9 Å². The van der Waals surface area contributed by atoms with Gasteiger partial charge in [-0.2, -0.15) is 0 Å². The van der Waals surface area contributed by atoms with Crippen molar-refractivity contribution in [3.05, 3.63) is 182 Å². The number of unbranched alkanes of at least 4 members (excludes halogenated alkanes) is 11. The molecular formula is C71H108O6. The molecule has 0 rings (SSSR count). The van der Waals surface area contributed by atoms with Gasteiger partial charge in [-0.25, -0.2) is 0 Å². The van der Waals surface area contributed by atoms with Crippen molar-refractivity contribution in [3.8, 4) is 0 Å². The van der Waals surface area contributed by atoms with E-state index in [1.165, 1.54) is 25.7 Å². The first kappa shape index (κ1) is 71.5. The van der Waals surface area contributed by atoms with E-state index in [2.05, 4.69) is 203 Å². The number of allylic oxidation sites excluding steroid dienone is 30. The standard InChI is InChI=1S/C71H108O6/c1-4-7-10-13-16-19-22-25-28-31-33-35-37-40-43-46-49-52-55-58-61-64-70(73)76-67-68(66-75-69(72)63-60-57-54-51-48-45-42-39-30-27-24-21-18-15-12-9-6-3)77-71(74)65-62-59-56-53-50-47-44-41-38-36-34-32-29-26-23-20-17-14-11-8-5-2/h7-12,16-21,25-30,33-36,40-41,43-44,49-50,52-53,68H,4-6,13-15,22-24,31-32,37-39,42,45-48,51,54-67H2,1-3H3/b10-7-,11-8-,12-9-,19-16-,20-17-,21-18-,28-25-,29-26-,30-27-,35-33-,36-34-,43-40-,44-41-,52-49-,53-50-. The number of ether oxygens (including phenoxy) is 3. The maximum absolute atomic E-state index is 12.9. The first-order valence-electron chi connectivity index (χ1n) is 30.3. The largest absolute Gasteiger partial charge is 0.462 e. The van der Waals surface area contributed by atoms with E-state index in [9.17, 15) is 14.4 Å². The minimum atomic E-state index is -0.836. The summed E-state index contributed by atoms with van der Waals surface area (Å²) in [5.41, 5.74) is 0. The molecule has 0 aromatic rings. The summed E-state index contributed by atoms with van der Waals surface area (Å²) in [5.74, 6) is -1.03. The number of esters is 3. The van der Waals surface area contributed by atoms with Gasteiger partial charge in [0.25, 0.3) is 0 Å². The van der Waals surface area contributed by atoms with Crippen molar-refractivity contribution in [2.45, 2.75) is 232 Å². The molecule has 0 bridgehead atoms. The molecule has 0 saturated carbocycles. The fourth-order valence-electron chi connectivity index (χ4n) is 7.46. The van der Waals surface area contributed by atoms with Crippen LogP contribution in [-0.2, 0) is 28.6 Å². The van der Waals surface area contributed by atoms with Crippen molar-refractivity contribution in [1.29, 1.82) is 0 Å². The SMILES string of the molecule is CC/C=C\C/C=C\C/C=C\C/C=C\C/C=C\C/C=C\CCCCC(=O)OCC(COC(=O)CCCCCCCCC/C=C\C/C=C\C/C=C\CC)OC(=O)CCCC/C=C\C/C=C\C/C=C\C/C=C\C/C=C\C/C=C\CC. The van der Waals surface area contributed by atoms with Gasteiger partial charge >= 0.3 is 17.9 Å². The Morgan fingerprint density at radius 2 is 0.468 bits per heavy atom. The van der Waals surface area contributed by atoms with Gasteiger partial charge in [0.05, 0.1) is 0 Å². The van der Waals surface area contributed by atoms with Gasteiger partial charge in [-0.15, -0.1) is 0 Å². The van der Waals surface area contributed by atoms with Gasteiger partial charge in [-0.1, -0.05) is 235 Å². The molecule has 0 heterocycles. The first-order valence-corrected chi connectivity index (χ1v) is 30.3. The molecule has 0 fully saturated rings. The predicted molar refractivity (Wildman–Crippen MR) is 334 cm³/mol. The molecule has 0 aromatic heterocycles. The third-order valence-corrected chi connectivity index (χ3v) is 11.9. The molecule has 1 atom stereocenters. The molecule has 428 valence electrons. The summed E-state index contributed by atoms with van der Waals surface area (Å²) in [6, 6.07) is 0. The summed E-state index contributed by atoms with van der Waals surface area (Å²) < 4.78 is 16.8. The van der Waals surface area contributed by atoms with E-state index < -0.39 is 6.10 Å². The molecule has 0 aliphatic heterocycles. The van der Waals surface area contributed by atoms with Crippen molar-refractivity contribution in [3.63, 3.8) is 0 Å². The number of hydrogen-bond donors (Lipinski definition) is 0. The van der Waals surface area contributed by atoms with Crippen LogP contribution < -0.4 is 0 Å². The van der Waals surface area contributed by atoms with Crippen LogP contribution in [0, 0.1) is 0 Å². The van der Waals surface area contributed by atoms with E-state index in [1.54, 1.807) is 0 Å². The first-order chi connectivity index (χ1) is 38.0. The monoisotopic (exact) mass is 1060 g/mol. The van der Waals surface area contributed by atoms with Crippen LogP contribution in [0.2, 0.25) is 0 Å². The fraction of sp³-hybridized carbons (Fsp3) is 0.535. The van der Waals surface area contributed by atoms with Crippen LogP contribution in [0.4, 0.5) is 0 Å². The van der Waals surface area contributed by atoms with Crippen molar-refractivity contribution in [2.24, 2.45) is 0 Å². The van der Waals surface area contributed by atoms with Crippen molar-refractivity contribution < 1.29 is 28.6 Å². The molecule has 6 nitrogen and oxygen atoms in total. The van der Waals surface area contributed by atoms with Gasteiger partial charge in [-0.05, 0) is 154 Å². The average Bonchev–Trinajstić information content (AvgIpc) is 3.43. The van der Waals surface area contributed by atoms with Gasteiger partial charge in [-0.3, -0.25) is 14.4 Å². The average molecular weight is 1060 g/mol. The van der Waals surface area contributed by atoms with E-state index >= 15 is 0 Å². The highest BCUT2D eigenvalue weighted by atomic mass is 16.6. The Morgan fingerprint density at radius 3 is 0.753 bits per heavy atom. The van der Waals surface area contributed by atoms with Gasteiger partial charge in [0, 0.05) is 19.3 Å². The maximum atomic E-state index is 12.9. The third kappa shape index (κ3) is 61.2. The van der Waals surface area contributed by atoms with Crippen molar-refractivity contribution >= 4 is 17.9 Å². The number of carbonyl (C=O) groups is 3. The predicted octanol–water partition coefficient (Wildman–Crippen LogP) is 20.9. The van der Waals surface area contributed by atoms with Crippen LogP contribution in [0.5, 0.6) is 0 Å². The van der Waals surface area contributed by atoms with Crippen LogP contribution in [0.25, 0.3) is 0 Å². The highest BCUT2D eigenvalue weighted by Crippen LogP contribution is 2.13. The smallest absolute Gasteiger partial charge is 0.306 e. The minimum absolute atomic E-state index is 0.125. The lowest BCUT2D eigenvalue weighted by Gasteiger charge is -2.18. The summed E-state index contributed by atoms with van der Waals surface area (Å²) in [4.78, 5) is 38.3. The molecule has 77 heavy (non-hydrogen) atoms. The molecule has 0 N–H and O–H groups in total. The molecule has 1 unspecified atom stereocenters. The second kappa shape index (κ2) is 63.0. The molecule has 0 aliphatic rings. The summed E-state index contributed by atoms with van der Waals surface area (Å²) in [5, 5.41) is 0. The van der Waals surface area contributed by atoms with Crippen LogP contribution >= 0.6 is 0 Å². The Morgan fingerprint density at radius 1 is 0.260 bits per heavy atom. The number of carbonyl (C=O) groups excluding carboxylic acids is 3. The van der Waals surface area contributed by atoms with Crippen LogP contribution in [0.3, 0.4) is 0 Å². The number of hydrogen-bond acceptors (Lipinski definition) is 6. The second-order valence-electron chi connectivity index (χ2n) is 19.1. The van der Waals surface area contributed by atoms with E-state index in [4.69, 9.17) is 14.2 Å². The van der Waals surface area contributed by atoms with E-state index in [1.807, 2.05) is 0 Å².